The molecule has 1 aliphatic heterocycles. The van der Waals surface area contributed by atoms with E-state index in [9.17, 15) is 4.79 Å². The molecule has 3 heterocycles. The van der Waals surface area contributed by atoms with Crippen molar-refractivity contribution in [2.45, 2.75) is 18.9 Å². The summed E-state index contributed by atoms with van der Waals surface area (Å²) in [5.74, 6) is 1.17. The molecule has 1 amide bonds. The van der Waals surface area contributed by atoms with Gasteiger partial charge in [0.25, 0.3) is 5.91 Å². The second kappa shape index (κ2) is 7.75. The van der Waals surface area contributed by atoms with Gasteiger partial charge < -0.3 is 23.5 Å². The van der Waals surface area contributed by atoms with E-state index in [1.165, 1.54) is 7.11 Å². The Morgan fingerprint density at radius 2 is 2.14 bits per heavy atom. The van der Waals surface area contributed by atoms with Crippen molar-refractivity contribution in [3.63, 3.8) is 0 Å². The van der Waals surface area contributed by atoms with E-state index in [1.54, 1.807) is 36.4 Å². The van der Waals surface area contributed by atoms with Crippen LogP contribution < -0.4 is 14.2 Å². The van der Waals surface area contributed by atoms with Crippen LogP contribution in [-0.2, 0) is 0 Å². The molecular formula is C20H21N3O5. The number of methoxy groups -OCH3 is 2. The minimum atomic E-state index is -0.160. The van der Waals surface area contributed by atoms with Crippen LogP contribution in [0.4, 0.5) is 0 Å². The van der Waals surface area contributed by atoms with Gasteiger partial charge in [0.1, 0.15) is 6.10 Å². The number of benzene rings is 1. The highest BCUT2D eigenvalue weighted by molar-refractivity contribution is 5.97. The fraction of sp³-hybridized carbons (Fsp3) is 0.350. The molecule has 1 aliphatic rings. The third-order valence-corrected chi connectivity index (χ3v) is 4.68. The van der Waals surface area contributed by atoms with Crippen molar-refractivity contribution in [3.8, 4) is 17.6 Å². The molecule has 0 bridgehead atoms. The fourth-order valence-corrected chi connectivity index (χ4v) is 3.34. The predicted octanol–water partition coefficient (Wildman–Crippen LogP) is 2.92. The SMILES string of the molecule is COc1nccc(OC2CCCN(C(=O)c3cc4cccc(OC)c4o3)C2)n1. The monoisotopic (exact) mass is 383 g/mol. The quantitative estimate of drug-likeness (QED) is 0.669. The zero-order chi connectivity index (χ0) is 19.5. The van der Waals surface area contributed by atoms with Crippen LogP contribution in [0, 0.1) is 0 Å². The number of ether oxygens (including phenoxy) is 3. The molecule has 3 aromatic rings. The third kappa shape index (κ3) is 3.58. The molecule has 0 spiro atoms. The number of piperidine rings is 1. The van der Waals surface area contributed by atoms with Crippen LogP contribution in [-0.4, -0.2) is 54.2 Å². The van der Waals surface area contributed by atoms with Crippen molar-refractivity contribution in [1.82, 2.24) is 14.9 Å². The number of carbonyl (C=O) groups excluding carboxylic acids is 1. The lowest BCUT2D eigenvalue weighted by molar-refractivity contribution is 0.0500. The average Bonchev–Trinajstić information content (AvgIpc) is 3.18. The Labute approximate surface area is 162 Å². The number of amides is 1. The van der Waals surface area contributed by atoms with Crippen molar-refractivity contribution >= 4 is 16.9 Å². The van der Waals surface area contributed by atoms with Crippen LogP contribution >= 0.6 is 0 Å². The van der Waals surface area contributed by atoms with E-state index in [2.05, 4.69) is 9.97 Å². The molecule has 1 aromatic carbocycles. The lowest BCUT2D eigenvalue weighted by Gasteiger charge is -2.32. The highest BCUT2D eigenvalue weighted by Crippen LogP contribution is 2.29. The lowest BCUT2D eigenvalue weighted by atomic mass is 10.1. The highest BCUT2D eigenvalue weighted by Gasteiger charge is 2.28. The van der Waals surface area contributed by atoms with E-state index in [0.29, 0.717) is 36.1 Å². The normalized spacial score (nSPS) is 16.8. The Bertz CT molecular complexity index is 987. The van der Waals surface area contributed by atoms with E-state index in [0.717, 1.165) is 18.2 Å². The summed E-state index contributed by atoms with van der Waals surface area (Å²) in [7, 11) is 3.08. The van der Waals surface area contributed by atoms with Crippen LogP contribution in [0.3, 0.4) is 0 Å². The molecular weight excluding hydrogens is 362 g/mol. The molecule has 0 aliphatic carbocycles. The summed E-state index contributed by atoms with van der Waals surface area (Å²) in [5.41, 5.74) is 0.575. The Morgan fingerprint density at radius 1 is 1.25 bits per heavy atom. The standard InChI is InChI=1S/C20H21N3O5/c1-25-15-7-3-5-13-11-16(28-18(13)15)19(24)23-10-4-6-14(12-23)27-17-8-9-21-20(22-17)26-2/h3,5,7-9,11,14H,4,6,10,12H2,1-2H3. The van der Waals surface area contributed by atoms with Gasteiger partial charge in [-0.3, -0.25) is 4.79 Å². The fourth-order valence-electron chi connectivity index (χ4n) is 3.34. The van der Waals surface area contributed by atoms with Gasteiger partial charge in [0.05, 0.1) is 20.8 Å². The smallest absolute Gasteiger partial charge is 0.319 e. The maximum absolute atomic E-state index is 13.0. The first-order valence-electron chi connectivity index (χ1n) is 9.07. The van der Waals surface area contributed by atoms with Crippen molar-refractivity contribution < 1.29 is 23.4 Å². The summed E-state index contributed by atoms with van der Waals surface area (Å²) in [6.45, 7) is 1.11. The number of fused-ring (bicyclic) bond motifs is 1. The first-order valence-corrected chi connectivity index (χ1v) is 9.07. The number of furan rings is 1. The number of hydrogen-bond acceptors (Lipinski definition) is 7. The van der Waals surface area contributed by atoms with Gasteiger partial charge in [-0.05, 0) is 25.0 Å². The van der Waals surface area contributed by atoms with Crippen LogP contribution in [0.5, 0.6) is 17.6 Å². The molecule has 8 heteroatoms. The van der Waals surface area contributed by atoms with Gasteiger partial charge in [0, 0.05) is 24.2 Å². The molecule has 8 nitrogen and oxygen atoms in total. The molecule has 4 rings (SSSR count). The number of rotatable bonds is 5. The number of nitrogens with zero attached hydrogens (tertiary/aromatic N) is 3. The van der Waals surface area contributed by atoms with Crippen molar-refractivity contribution in [2.75, 3.05) is 27.3 Å². The molecule has 2 aromatic heterocycles. The summed E-state index contributed by atoms with van der Waals surface area (Å²) in [5, 5.41) is 0.834. The van der Waals surface area contributed by atoms with E-state index in [4.69, 9.17) is 18.6 Å². The summed E-state index contributed by atoms with van der Waals surface area (Å²) < 4.78 is 22.1. The zero-order valence-electron chi connectivity index (χ0n) is 15.8. The molecule has 1 atom stereocenters. The maximum atomic E-state index is 13.0. The Kier molecular flexibility index (Phi) is 5.01. The van der Waals surface area contributed by atoms with Gasteiger partial charge in [0.2, 0.25) is 5.88 Å². The van der Waals surface area contributed by atoms with Gasteiger partial charge in [0.15, 0.2) is 17.1 Å². The molecule has 0 saturated carbocycles. The number of hydrogen-bond donors (Lipinski definition) is 0. The van der Waals surface area contributed by atoms with E-state index in [1.807, 2.05) is 12.1 Å². The van der Waals surface area contributed by atoms with Gasteiger partial charge in [-0.25, -0.2) is 4.98 Å². The van der Waals surface area contributed by atoms with E-state index < -0.39 is 0 Å². The van der Waals surface area contributed by atoms with Crippen LogP contribution in [0.25, 0.3) is 11.0 Å². The number of para-hydroxylation sites is 1. The van der Waals surface area contributed by atoms with Gasteiger partial charge >= 0.3 is 6.01 Å². The van der Waals surface area contributed by atoms with Crippen LogP contribution in [0.2, 0.25) is 0 Å². The van der Waals surface area contributed by atoms with E-state index in [-0.39, 0.29) is 18.0 Å². The average molecular weight is 383 g/mol. The van der Waals surface area contributed by atoms with Crippen LogP contribution in [0.15, 0.2) is 40.9 Å². The minimum absolute atomic E-state index is 0.156. The third-order valence-electron chi connectivity index (χ3n) is 4.68. The molecule has 28 heavy (non-hydrogen) atoms. The molecule has 1 fully saturated rings. The van der Waals surface area contributed by atoms with Crippen LogP contribution in [0.1, 0.15) is 23.4 Å². The minimum Gasteiger partial charge on any atom is -0.493 e. The van der Waals surface area contributed by atoms with Crippen molar-refractivity contribution in [3.05, 3.63) is 42.3 Å². The Morgan fingerprint density at radius 3 is 2.96 bits per heavy atom. The molecule has 1 unspecified atom stereocenters. The summed E-state index contributed by atoms with van der Waals surface area (Å²) >= 11 is 0. The first kappa shape index (κ1) is 18.1. The largest absolute Gasteiger partial charge is 0.493 e. The molecule has 0 N–H and O–H groups in total. The summed E-state index contributed by atoms with van der Waals surface area (Å²) in [6, 6.07) is 9.24. The second-order valence-corrected chi connectivity index (χ2v) is 6.50. The van der Waals surface area contributed by atoms with Gasteiger partial charge in [-0.15, -0.1) is 0 Å². The van der Waals surface area contributed by atoms with Crippen molar-refractivity contribution in [1.29, 1.82) is 0 Å². The topological polar surface area (TPSA) is 86.9 Å². The molecule has 1 saturated heterocycles. The number of carbonyl (C=O) groups is 1. The summed E-state index contributed by atoms with van der Waals surface area (Å²) in [6.07, 6.45) is 3.09. The predicted molar refractivity (Wildman–Crippen MR) is 101 cm³/mol. The lowest BCUT2D eigenvalue weighted by Crippen LogP contribution is -2.44. The second-order valence-electron chi connectivity index (χ2n) is 6.50. The number of likely N-dealkylation sites (tertiary alicyclic amines) is 1. The first-order chi connectivity index (χ1) is 13.7. The summed E-state index contributed by atoms with van der Waals surface area (Å²) in [4.78, 5) is 22.8. The van der Waals surface area contributed by atoms with Crippen molar-refractivity contribution in [2.24, 2.45) is 0 Å². The molecule has 0 radical (unpaired) electrons. The van der Waals surface area contributed by atoms with E-state index >= 15 is 0 Å². The highest BCUT2D eigenvalue weighted by atomic mass is 16.5. The number of aromatic nitrogens is 2. The maximum Gasteiger partial charge on any atom is 0.319 e. The molecule has 146 valence electrons. The zero-order valence-corrected chi connectivity index (χ0v) is 15.8. The van der Waals surface area contributed by atoms with Gasteiger partial charge in [-0.2, -0.15) is 4.98 Å². The Balaban J connectivity index is 1.49. The van der Waals surface area contributed by atoms with Gasteiger partial charge in [-0.1, -0.05) is 12.1 Å². The Hall–Kier alpha value is -3.29.